The fraction of sp³-hybridized carbons (Fsp3) is 0.800. The fourth-order valence-corrected chi connectivity index (χ4v) is 1.10. The monoisotopic (exact) mass is 286 g/mol. The molecule has 0 saturated heterocycles. The van der Waals surface area contributed by atoms with Crippen LogP contribution in [0.15, 0.2) is 0 Å². The van der Waals surface area contributed by atoms with Gasteiger partial charge in [0.1, 0.15) is 0 Å². The zero-order valence-electron chi connectivity index (χ0n) is 10.8. The third-order valence-corrected chi connectivity index (χ3v) is 2.49. The number of urea groups is 1. The number of alkyl halides is 3. The molecule has 0 bridgehead atoms. The normalized spacial score (nSPS) is 16.3. The van der Waals surface area contributed by atoms with Crippen molar-refractivity contribution in [3.05, 3.63) is 0 Å². The quantitative estimate of drug-likeness (QED) is 0.682. The van der Waals surface area contributed by atoms with Gasteiger partial charge in [-0.2, -0.15) is 13.2 Å². The van der Waals surface area contributed by atoms with Crippen molar-refractivity contribution >= 4 is 12.0 Å². The van der Waals surface area contributed by atoms with Crippen LogP contribution in [0.3, 0.4) is 0 Å². The summed E-state index contributed by atoms with van der Waals surface area (Å²) in [6.45, 7) is 2.26. The number of hydrogen-bond donors (Lipinski definition) is 3. The molecule has 0 aliphatic carbocycles. The average Bonchev–Trinajstić information content (AvgIpc) is 2.24. The first-order valence-electron chi connectivity index (χ1n) is 5.42. The second-order valence-corrected chi connectivity index (χ2v) is 4.21. The Kier molecular flexibility index (Phi) is 6.07. The summed E-state index contributed by atoms with van der Waals surface area (Å²) in [5.74, 6) is -2.18. The van der Waals surface area contributed by atoms with Gasteiger partial charge in [-0.15, -0.1) is 0 Å². The molecule has 0 aromatic rings. The minimum Gasteiger partial charge on any atom is -0.479 e. The van der Waals surface area contributed by atoms with E-state index in [-0.39, 0.29) is 0 Å². The Bertz CT molecular complexity index is 335. The minimum atomic E-state index is -5.11. The van der Waals surface area contributed by atoms with Crippen LogP contribution < -0.4 is 10.6 Å². The summed E-state index contributed by atoms with van der Waals surface area (Å²) in [5, 5.41) is 12.2. The van der Waals surface area contributed by atoms with Gasteiger partial charge in [0, 0.05) is 19.8 Å². The van der Waals surface area contributed by atoms with E-state index in [2.05, 4.69) is 5.32 Å². The molecule has 112 valence electrons. The van der Waals surface area contributed by atoms with Crippen molar-refractivity contribution < 1.29 is 32.6 Å². The molecule has 0 aromatic carbocycles. The molecule has 0 fully saturated rings. The van der Waals surface area contributed by atoms with Crippen LogP contribution in [-0.2, 0) is 9.53 Å². The number of carbonyl (C=O) groups excluding carboxylic acids is 1. The van der Waals surface area contributed by atoms with Gasteiger partial charge in [0.15, 0.2) is 0 Å². The van der Waals surface area contributed by atoms with Gasteiger partial charge in [-0.1, -0.05) is 0 Å². The van der Waals surface area contributed by atoms with Gasteiger partial charge in [0.2, 0.25) is 5.54 Å². The summed E-state index contributed by atoms with van der Waals surface area (Å²) in [4.78, 5) is 22.0. The molecule has 0 rings (SSSR count). The summed E-state index contributed by atoms with van der Waals surface area (Å²) in [6.07, 6.45) is -4.72. The van der Waals surface area contributed by atoms with Gasteiger partial charge >= 0.3 is 18.2 Å². The molecule has 2 atom stereocenters. The molecule has 9 heteroatoms. The Hall–Kier alpha value is -1.51. The van der Waals surface area contributed by atoms with Crippen molar-refractivity contribution in [2.75, 3.05) is 13.7 Å². The number of nitrogens with one attached hydrogen (secondary N) is 2. The Morgan fingerprint density at radius 1 is 1.37 bits per heavy atom. The first-order chi connectivity index (χ1) is 8.54. The lowest BCUT2D eigenvalue weighted by molar-refractivity contribution is -0.203. The summed E-state index contributed by atoms with van der Waals surface area (Å²) in [5.41, 5.74) is -3.34. The minimum absolute atomic E-state index is 0.316. The number of carbonyl (C=O) groups is 2. The second kappa shape index (κ2) is 6.60. The van der Waals surface area contributed by atoms with Crippen LogP contribution >= 0.6 is 0 Å². The predicted octanol–water partition coefficient (Wildman–Crippen LogP) is 1.12. The number of amides is 2. The van der Waals surface area contributed by atoms with Gasteiger partial charge in [-0.25, -0.2) is 9.59 Å². The molecule has 2 amide bonds. The average molecular weight is 286 g/mol. The molecule has 0 spiro atoms. The number of methoxy groups -OCH3 is 1. The van der Waals surface area contributed by atoms with Gasteiger partial charge in [-0.05, 0) is 20.3 Å². The van der Waals surface area contributed by atoms with Crippen molar-refractivity contribution in [2.24, 2.45) is 0 Å². The third kappa shape index (κ3) is 4.93. The Morgan fingerprint density at radius 3 is 2.26 bits per heavy atom. The summed E-state index contributed by atoms with van der Waals surface area (Å²) in [6, 6.07) is -1.66. The zero-order chi connectivity index (χ0) is 15.3. The van der Waals surface area contributed by atoms with Gasteiger partial charge in [0.05, 0.1) is 0 Å². The van der Waals surface area contributed by atoms with Crippen LogP contribution in [0.4, 0.5) is 18.0 Å². The van der Waals surface area contributed by atoms with E-state index in [4.69, 9.17) is 9.84 Å². The van der Waals surface area contributed by atoms with Gasteiger partial charge in [0.25, 0.3) is 0 Å². The van der Waals surface area contributed by atoms with E-state index in [0.717, 1.165) is 0 Å². The highest BCUT2D eigenvalue weighted by molar-refractivity contribution is 5.86. The third-order valence-electron chi connectivity index (χ3n) is 2.49. The molecule has 0 heterocycles. The Balaban J connectivity index is 4.63. The predicted molar refractivity (Wildman–Crippen MR) is 59.7 cm³/mol. The molecule has 2 unspecified atom stereocenters. The smallest absolute Gasteiger partial charge is 0.422 e. The summed E-state index contributed by atoms with van der Waals surface area (Å²) >= 11 is 0. The number of ether oxygens (including phenoxy) is 1. The van der Waals surface area contributed by atoms with E-state index in [1.54, 1.807) is 6.92 Å². The molecule has 0 aliphatic rings. The van der Waals surface area contributed by atoms with Gasteiger partial charge < -0.3 is 20.5 Å². The molecule has 0 radical (unpaired) electrons. The maximum absolute atomic E-state index is 12.6. The molecular weight excluding hydrogens is 269 g/mol. The standard InChI is InChI=1S/C10H17F3N2O4/c1-6(4-5-19-3)14-8(18)15-9(2,7(16)17)10(11,12)13/h6H,4-5H2,1-3H3,(H,16,17)(H2,14,15,18). The first kappa shape index (κ1) is 17.5. The van der Waals surface area contributed by atoms with E-state index in [0.29, 0.717) is 20.0 Å². The molecular formula is C10H17F3N2O4. The van der Waals surface area contributed by atoms with Crippen LogP contribution in [0, 0.1) is 0 Å². The Labute approximate surface area is 108 Å². The summed E-state index contributed by atoms with van der Waals surface area (Å²) in [7, 11) is 1.44. The van der Waals surface area contributed by atoms with Crippen molar-refractivity contribution in [3.8, 4) is 0 Å². The lowest BCUT2D eigenvalue weighted by atomic mass is 10.0. The highest BCUT2D eigenvalue weighted by Gasteiger charge is 2.58. The maximum Gasteiger partial charge on any atom is 0.422 e. The number of halogens is 3. The molecule has 19 heavy (non-hydrogen) atoms. The molecule has 0 saturated carbocycles. The first-order valence-corrected chi connectivity index (χ1v) is 5.42. The van der Waals surface area contributed by atoms with Crippen molar-refractivity contribution in [2.45, 2.75) is 38.0 Å². The van der Waals surface area contributed by atoms with Gasteiger partial charge in [-0.3, -0.25) is 0 Å². The number of carboxylic acids is 1. The van der Waals surface area contributed by atoms with E-state index in [1.165, 1.54) is 12.4 Å². The second-order valence-electron chi connectivity index (χ2n) is 4.21. The number of carboxylic acid groups (broad SMARTS) is 1. The lowest BCUT2D eigenvalue weighted by Crippen LogP contribution is -2.64. The van der Waals surface area contributed by atoms with Crippen LogP contribution in [0.1, 0.15) is 20.3 Å². The fourth-order valence-electron chi connectivity index (χ4n) is 1.10. The van der Waals surface area contributed by atoms with E-state index < -0.39 is 29.8 Å². The number of rotatable bonds is 6. The van der Waals surface area contributed by atoms with E-state index >= 15 is 0 Å². The topological polar surface area (TPSA) is 87.7 Å². The van der Waals surface area contributed by atoms with E-state index in [1.807, 2.05) is 0 Å². The number of aliphatic carboxylic acids is 1. The molecule has 0 aliphatic heterocycles. The number of hydrogen-bond acceptors (Lipinski definition) is 3. The highest BCUT2D eigenvalue weighted by Crippen LogP contribution is 2.30. The lowest BCUT2D eigenvalue weighted by Gasteiger charge is -2.29. The van der Waals surface area contributed by atoms with Crippen molar-refractivity contribution in [1.82, 2.24) is 10.6 Å². The SMILES string of the molecule is COCCC(C)NC(=O)NC(C)(C(=O)O)C(F)(F)F. The maximum atomic E-state index is 12.6. The van der Waals surface area contributed by atoms with Crippen LogP contribution in [-0.4, -0.2) is 48.6 Å². The van der Waals surface area contributed by atoms with Crippen molar-refractivity contribution in [3.63, 3.8) is 0 Å². The van der Waals surface area contributed by atoms with Crippen LogP contribution in [0.2, 0.25) is 0 Å². The Morgan fingerprint density at radius 2 is 1.89 bits per heavy atom. The van der Waals surface area contributed by atoms with Crippen molar-refractivity contribution in [1.29, 1.82) is 0 Å². The summed E-state index contributed by atoms with van der Waals surface area (Å²) < 4.78 is 42.6. The van der Waals surface area contributed by atoms with Crippen LogP contribution in [0.5, 0.6) is 0 Å². The highest BCUT2D eigenvalue weighted by atomic mass is 19.4. The zero-order valence-corrected chi connectivity index (χ0v) is 10.8. The molecule has 6 nitrogen and oxygen atoms in total. The van der Waals surface area contributed by atoms with E-state index in [9.17, 15) is 22.8 Å². The molecule has 3 N–H and O–H groups in total. The largest absolute Gasteiger partial charge is 0.479 e. The molecule has 0 aromatic heterocycles. The van der Waals surface area contributed by atoms with Crippen LogP contribution in [0.25, 0.3) is 0 Å².